The van der Waals surface area contributed by atoms with Crippen LogP contribution in [0.4, 0.5) is 10.8 Å². The number of amides is 1. The maximum absolute atomic E-state index is 13.3. The molecule has 5 nitrogen and oxygen atoms in total. The Labute approximate surface area is 205 Å². The van der Waals surface area contributed by atoms with E-state index in [2.05, 4.69) is 39.6 Å². The molecule has 1 amide bonds. The summed E-state index contributed by atoms with van der Waals surface area (Å²) in [5.41, 5.74) is 3.77. The lowest BCUT2D eigenvalue weighted by molar-refractivity contribution is 0.102. The van der Waals surface area contributed by atoms with E-state index in [4.69, 9.17) is 4.42 Å². The molecule has 168 valence electrons. The van der Waals surface area contributed by atoms with E-state index in [0.717, 1.165) is 22.0 Å². The first-order valence-corrected chi connectivity index (χ1v) is 12.0. The average Bonchev–Trinajstić information content (AvgIpc) is 3.37. The van der Waals surface area contributed by atoms with E-state index in [-0.39, 0.29) is 11.5 Å². The van der Waals surface area contributed by atoms with Crippen molar-refractivity contribution in [1.82, 2.24) is 4.98 Å². The van der Waals surface area contributed by atoms with E-state index < -0.39 is 0 Å². The summed E-state index contributed by atoms with van der Waals surface area (Å²) in [6.07, 6.45) is 0. The van der Waals surface area contributed by atoms with Gasteiger partial charge < -0.3 is 4.42 Å². The van der Waals surface area contributed by atoms with Crippen molar-refractivity contribution in [3.63, 3.8) is 0 Å². The Balaban J connectivity index is 1.35. The van der Waals surface area contributed by atoms with Gasteiger partial charge >= 0.3 is 0 Å². The molecule has 4 aromatic carbocycles. The van der Waals surface area contributed by atoms with Crippen molar-refractivity contribution in [2.45, 2.75) is 0 Å². The molecule has 6 heteroatoms. The van der Waals surface area contributed by atoms with Crippen LogP contribution in [-0.2, 0) is 0 Å². The second-order valence-electron chi connectivity index (χ2n) is 8.00. The summed E-state index contributed by atoms with van der Waals surface area (Å²) >= 11 is 1.38. The zero-order valence-electron chi connectivity index (χ0n) is 18.5. The minimum atomic E-state index is -0.325. The van der Waals surface area contributed by atoms with Crippen LogP contribution in [0.1, 0.15) is 10.4 Å². The molecular formula is C29H19N3O2S. The zero-order chi connectivity index (χ0) is 23.6. The van der Waals surface area contributed by atoms with Crippen LogP contribution >= 0.6 is 11.3 Å². The number of anilines is 1. The second-order valence-corrected chi connectivity index (χ2v) is 8.86. The normalized spacial score (nSPS) is 11.7. The van der Waals surface area contributed by atoms with Gasteiger partial charge in [0.15, 0.2) is 5.13 Å². The molecule has 0 atom stereocenters. The van der Waals surface area contributed by atoms with E-state index in [9.17, 15) is 4.79 Å². The van der Waals surface area contributed by atoms with E-state index in [1.165, 1.54) is 16.7 Å². The molecule has 1 N–H and O–H groups in total. The van der Waals surface area contributed by atoms with Gasteiger partial charge in [0.25, 0.3) is 5.91 Å². The smallest absolute Gasteiger partial charge is 0.262 e. The molecule has 2 aromatic heterocycles. The van der Waals surface area contributed by atoms with Crippen molar-refractivity contribution >= 4 is 49.8 Å². The minimum absolute atomic E-state index is 0.249. The maximum atomic E-state index is 13.3. The van der Waals surface area contributed by atoms with E-state index in [1.807, 2.05) is 78.2 Å². The summed E-state index contributed by atoms with van der Waals surface area (Å²) in [6, 6.07) is 33.2. The monoisotopic (exact) mass is 473 g/mol. The Morgan fingerprint density at radius 1 is 0.800 bits per heavy atom. The highest BCUT2D eigenvalue weighted by Crippen LogP contribution is 2.28. The maximum Gasteiger partial charge on any atom is 0.262 e. The van der Waals surface area contributed by atoms with Crippen molar-refractivity contribution in [3.05, 3.63) is 120 Å². The molecule has 0 fully saturated rings. The first-order valence-electron chi connectivity index (χ1n) is 11.1. The number of nitrogens with one attached hydrogen (secondary N) is 1. The molecule has 0 aliphatic rings. The molecule has 6 rings (SSSR count). The Morgan fingerprint density at radius 3 is 2.40 bits per heavy atom. The summed E-state index contributed by atoms with van der Waals surface area (Å²) in [5.74, 6) is -0.325. The van der Waals surface area contributed by atoms with Gasteiger partial charge in [0.2, 0.25) is 5.55 Å². The molecule has 6 aromatic rings. The number of carbonyl (C=O) groups is 1. The fourth-order valence-corrected chi connectivity index (χ4v) is 4.63. The van der Waals surface area contributed by atoms with E-state index >= 15 is 0 Å². The zero-order valence-corrected chi connectivity index (χ0v) is 19.3. The second kappa shape index (κ2) is 9.00. The summed E-state index contributed by atoms with van der Waals surface area (Å²) in [6.45, 7) is 0. The lowest BCUT2D eigenvalue weighted by Gasteiger charge is -2.05. The average molecular weight is 474 g/mol. The van der Waals surface area contributed by atoms with Crippen LogP contribution in [0.25, 0.3) is 33.0 Å². The molecule has 0 aliphatic carbocycles. The number of fused-ring (bicyclic) bond motifs is 2. The summed E-state index contributed by atoms with van der Waals surface area (Å²) in [4.78, 5) is 22.6. The van der Waals surface area contributed by atoms with Crippen LogP contribution in [0.2, 0.25) is 0 Å². The first kappa shape index (κ1) is 21.0. The van der Waals surface area contributed by atoms with Crippen LogP contribution in [0.5, 0.6) is 0 Å². The van der Waals surface area contributed by atoms with Crippen molar-refractivity contribution < 1.29 is 9.21 Å². The predicted octanol–water partition coefficient (Wildman–Crippen LogP) is 7.19. The molecule has 2 heterocycles. The van der Waals surface area contributed by atoms with Crippen molar-refractivity contribution in [2.75, 3.05) is 5.32 Å². The molecule has 0 spiro atoms. The highest BCUT2D eigenvalue weighted by Gasteiger charge is 2.15. The fourth-order valence-electron chi connectivity index (χ4n) is 3.91. The van der Waals surface area contributed by atoms with Gasteiger partial charge in [0, 0.05) is 16.3 Å². The lowest BCUT2D eigenvalue weighted by Crippen LogP contribution is -2.21. The number of nitrogens with zero attached hydrogens (tertiary/aromatic N) is 2. The van der Waals surface area contributed by atoms with Crippen LogP contribution < -0.4 is 10.9 Å². The van der Waals surface area contributed by atoms with Crippen LogP contribution in [0.3, 0.4) is 0 Å². The van der Waals surface area contributed by atoms with Gasteiger partial charge in [-0.1, -0.05) is 72.8 Å². The largest absolute Gasteiger partial charge is 0.438 e. The number of carbonyl (C=O) groups excluding carboxylic acids is 1. The Hall–Kier alpha value is -4.55. The topological polar surface area (TPSA) is 67.5 Å². The molecule has 0 unspecified atom stereocenters. The number of thiazole rings is 1. The Kier molecular flexibility index (Phi) is 5.41. The molecule has 0 bridgehead atoms. The molecule has 0 saturated carbocycles. The van der Waals surface area contributed by atoms with Gasteiger partial charge in [-0.25, -0.2) is 9.98 Å². The lowest BCUT2D eigenvalue weighted by atomic mass is 10.1. The van der Waals surface area contributed by atoms with Crippen LogP contribution in [0, 0.1) is 0 Å². The molecule has 0 saturated heterocycles. The molecular weight excluding hydrogens is 454 g/mol. The molecule has 0 aliphatic heterocycles. The van der Waals surface area contributed by atoms with E-state index in [1.54, 1.807) is 6.07 Å². The molecule has 0 radical (unpaired) electrons. The van der Waals surface area contributed by atoms with Crippen LogP contribution in [0.15, 0.2) is 118 Å². The van der Waals surface area contributed by atoms with Gasteiger partial charge in [0.1, 0.15) is 11.1 Å². The minimum Gasteiger partial charge on any atom is -0.438 e. The summed E-state index contributed by atoms with van der Waals surface area (Å²) in [5, 5.41) is 8.52. The summed E-state index contributed by atoms with van der Waals surface area (Å²) in [7, 11) is 0. The van der Waals surface area contributed by atoms with Gasteiger partial charge in [-0.05, 0) is 41.1 Å². The fraction of sp³-hybridized carbons (Fsp3) is 0. The van der Waals surface area contributed by atoms with Gasteiger partial charge in [0.05, 0.1) is 11.4 Å². The SMILES string of the molecule is O=C(Nc1nc(-c2ccc3ccccc3c2)cs1)c1cc2ccccc2oc1=Nc1ccccc1. The number of hydrogen-bond acceptors (Lipinski definition) is 5. The number of benzene rings is 4. The van der Waals surface area contributed by atoms with E-state index in [0.29, 0.717) is 22.0 Å². The summed E-state index contributed by atoms with van der Waals surface area (Å²) < 4.78 is 6.03. The number of aromatic nitrogens is 1. The number of para-hydroxylation sites is 2. The third kappa shape index (κ3) is 4.35. The molecule has 35 heavy (non-hydrogen) atoms. The quantitative estimate of drug-likeness (QED) is 0.294. The number of rotatable bonds is 4. The highest BCUT2D eigenvalue weighted by atomic mass is 32.1. The van der Waals surface area contributed by atoms with Crippen molar-refractivity contribution in [3.8, 4) is 11.3 Å². The third-order valence-corrected chi connectivity index (χ3v) is 6.41. The van der Waals surface area contributed by atoms with Gasteiger partial charge in [-0.15, -0.1) is 11.3 Å². The standard InChI is InChI=1S/C29H19N3O2S/c33-27(32-29-31-25(18-35-29)21-15-14-19-8-4-5-9-20(19)16-21)24-17-22-10-6-7-13-26(22)34-28(24)30-23-11-2-1-3-12-23/h1-18H,(H,31,32,33). The highest BCUT2D eigenvalue weighted by molar-refractivity contribution is 7.14. The Morgan fingerprint density at radius 2 is 1.54 bits per heavy atom. The van der Waals surface area contributed by atoms with Gasteiger partial charge in [-0.3, -0.25) is 10.1 Å². The Bertz CT molecular complexity index is 1750. The van der Waals surface area contributed by atoms with Crippen molar-refractivity contribution in [1.29, 1.82) is 0 Å². The van der Waals surface area contributed by atoms with Gasteiger partial charge in [-0.2, -0.15) is 0 Å². The first-order chi connectivity index (χ1) is 17.2. The number of hydrogen-bond donors (Lipinski definition) is 1. The van der Waals surface area contributed by atoms with Crippen molar-refractivity contribution in [2.24, 2.45) is 4.99 Å². The van der Waals surface area contributed by atoms with Crippen LogP contribution in [-0.4, -0.2) is 10.9 Å². The third-order valence-electron chi connectivity index (χ3n) is 5.66. The predicted molar refractivity (Wildman–Crippen MR) is 141 cm³/mol.